The van der Waals surface area contributed by atoms with E-state index >= 15 is 0 Å². The van der Waals surface area contributed by atoms with Crippen LogP contribution in [0.4, 0.5) is 5.82 Å². The summed E-state index contributed by atoms with van der Waals surface area (Å²) in [6.45, 7) is 0. The van der Waals surface area contributed by atoms with Gasteiger partial charge in [-0.3, -0.25) is 9.89 Å². The molecule has 3 N–H and O–H groups in total. The Morgan fingerprint density at radius 1 is 1.28 bits per heavy atom. The predicted molar refractivity (Wildman–Crippen MR) is 71.2 cm³/mol. The fourth-order valence-corrected chi connectivity index (χ4v) is 2.10. The number of pyridine rings is 1. The third-order valence-electron chi connectivity index (χ3n) is 3.05. The molecule has 0 fully saturated rings. The minimum absolute atomic E-state index is 0.141. The number of benzene rings is 1. The van der Waals surface area contributed by atoms with Gasteiger partial charge in [-0.2, -0.15) is 5.10 Å². The Labute approximate surface area is 103 Å². The maximum Gasteiger partial charge on any atom is 0.264 e. The van der Waals surface area contributed by atoms with Gasteiger partial charge in [0.15, 0.2) is 5.82 Å². The molecule has 18 heavy (non-hydrogen) atoms. The number of aromatic nitrogens is 3. The van der Waals surface area contributed by atoms with Crippen LogP contribution in [0.1, 0.15) is 0 Å². The smallest absolute Gasteiger partial charge is 0.264 e. The van der Waals surface area contributed by atoms with Gasteiger partial charge in [0.1, 0.15) is 5.39 Å². The summed E-state index contributed by atoms with van der Waals surface area (Å²) in [5.41, 5.74) is 8.01. The molecule has 0 amide bonds. The molecular formula is C13H12N4O. The maximum absolute atomic E-state index is 12.2. The second kappa shape index (κ2) is 3.73. The number of aromatic amines is 1. The topological polar surface area (TPSA) is 76.7 Å². The molecule has 5 heteroatoms. The van der Waals surface area contributed by atoms with Gasteiger partial charge >= 0.3 is 0 Å². The summed E-state index contributed by atoms with van der Waals surface area (Å²) in [4.78, 5) is 12.2. The fourth-order valence-electron chi connectivity index (χ4n) is 2.10. The van der Waals surface area contributed by atoms with Crippen molar-refractivity contribution in [1.82, 2.24) is 14.8 Å². The van der Waals surface area contributed by atoms with Crippen LogP contribution in [0.5, 0.6) is 0 Å². The number of fused-ring (bicyclic) bond motifs is 1. The van der Waals surface area contributed by atoms with E-state index in [9.17, 15) is 4.79 Å². The first-order chi connectivity index (χ1) is 8.68. The van der Waals surface area contributed by atoms with Gasteiger partial charge < -0.3 is 10.3 Å². The molecular weight excluding hydrogens is 228 g/mol. The lowest BCUT2D eigenvalue weighted by atomic mass is 10.1. The van der Waals surface area contributed by atoms with Gasteiger partial charge in [-0.05, 0) is 11.6 Å². The Bertz CT molecular complexity index is 771. The van der Waals surface area contributed by atoms with Crippen molar-refractivity contribution in [2.75, 3.05) is 5.73 Å². The van der Waals surface area contributed by atoms with Gasteiger partial charge in [0.25, 0.3) is 5.56 Å². The van der Waals surface area contributed by atoms with Gasteiger partial charge in [0.2, 0.25) is 0 Å². The van der Waals surface area contributed by atoms with Crippen LogP contribution in [-0.4, -0.2) is 14.8 Å². The summed E-state index contributed by atoms with van der Waals surface area (Å²) in [5, 5.41) is 7.09. The van der Waals surface area contributed by atoms with Crippen LogP contribution in [-0.2, 0) is 7.05 Å². The van der Waals surface area contributed by atoms with E-state index in [1.54, 1.807) is 11.6 Å². The number of nitrogens with zero attached hydrogens (tertiary/aromatic N) is 2. The highest BCUT2D eigenvalue weighted by atomic mass is 16.1. The molecule has 2 heterocycles. The molecule has 0 aliphatic heterocycles. The Morgan fingerprint density at radius 3 is 2.72 bits per heavy atom. The van der Waals surface area contributed by atoms with E-state index in [1.807, 2.05) is 36.4 Å². The summed E-state index contributed by atoms with van der Waals surface area (Å²) in [6, 6.07) is 11.6. The second-order valence-corrected chi connectivity index (χ2v) is 4.16. The lowest BCUT2D eigenvalue weighted by molar-refractivity contribution is 0.883. The standard InChI is InChI=1S/C13H12N4O/c1-17-10(8-5-3-2-4-6-8)7-9-11(13(17)18)12(14)16-15-9/h2-7H,1H3,(H3,14,15,16). The van der Waals surface area contributed by atoms with Crippen molar-refractivity contribution < 1.29 is 0 Å². The highest BCUT2D eigenvalue weighted by Gasteiger charge is 2.12. The van der Waals surface area contributed by atoms with E-state index in [4.69, 9.17) is 5.73 Å². The minimum atomic E-state index is -0.141. The highest BCUT2D eigenvalue weighted by molar-refractivity contribution is 5.90. The molecule has 2 aromatic heterocycles. The maximum atomic E-state index is 12.2. The lowest BCUT2D eigenvalue weighted by Gasteiger charge is -2.08. The molecule has 0 spiro atoms. The normalized spacial score (nSPS) is 10.9. The van der Waals surface area contributed by atoms with Crippen molar-refractivity contribution in [2.45, 2.75) is 0 Å². The van der Waals surface area contributed by atoms with Crippen LogP contribution in [0, 0.1) is 0 Å². The number of nitrogens with two attached hydrogens (primary N) is 1. The zero-order valence-corrected chi connectivity index (χ0v) is 9.84. The Hall–Kier alpha value is -2.56. The molecule has 0 saturated heterocycles. The number of rotatable bonds is 1. The van der Waals surface area contributed by atoms with Crippen LogP contribution in [0.15, 0.2) is 41.2 Å². The van der Waals surface area contributed by atoms with Gasteiger partial charge in [-0.1, -0.05) is 30.3 Å². The first-order valence-corrected chi connectivity index (χ1v) is 5.57. The van der Waals surface area contributed by atoms with Crippen molar-refractivity contribution in [3.8, 4) is 11.3 Å². The van der Waals surface area contributed by atoms with E-state index in [1.165, 1.54) is 0 Å². The fraction of sp³-hybridized carbons (Fsp3) is 0.0769. The van der Waals surface area contributed by atoms with Crippen LogP contribution in [0.25, 0.3) is 22.2 Å². The summed E-state index contributed by atoms with van der Waals surface area (Å²) < 4.78 is 1.59. The van der Waals surface area contributed by atoms with Crippen molar-refractivity contribution in [1.29, 1.82) is 0 Å². The Kier molecular flexibility index (Phi) is 2.19. The van der Waals surface area contributed by atoms with E-state index in [-0.39, 0.29) is 11.4 Å². The summed E-state index contributed by atoms with van der Waals surface area (Å²) >= 11 is 0. The van der Waals surface area contributed by atoms with Gasteiger partial charge in [-0.15, -0.1) is 0 Å². The SMILES string of the molecule is Cn1c(-c2ccccc2)cc2[nH]nc(N)c2c1=O. The van der Waals surface area contributed by atoms with Gasteiger partial charge in [-0.25, -0.2) is 0 Å². The molecule has 0 bridgehead atoms. The molecule has 5 nitrogen and oxygen atoms in total. The van der Waals surface area contributed by atoms with Crippen LogP contribution in [0.2, 0.25) is 0 Å². The third-order valence-corrected chi connectivity index (χ3v) is 3.05. The van der Waals surface area contributed by atoms with Crippen LogP contribution in [0.3, 0.4) is 0 Å². The number of nitrogens with one attached hydrogen (secondary N) is 1. The molecule has 0 radical (unpaired) electrons. The first kappa shape index (κ1) is 10.6. The minimum Gasteiger partial charge on any atom is -0.382 e. The largest absolute Gasteiger partial charge is 0.382 e. The quantitative estimate of drug-likeness (QED) is 0.677. The molecule has 0 unspecified atom stereocenters. The molecule has 0 aliphatic carbocycles. The second-order valence-electron chi connectivity index (χ2n) is 4.16. The lowest BCUT2D eigenvalue weighted by Crippen LogP contribution is -2.18. The zero-order valence-electron chi connectivity index (χ0n) is 9.84. The van der Waals surface area contributed by atoms with Gasteiger partial charge in [0, 0.05) is 7.05 Å². The first-order valence-electron chi connectivity index (χ1n) is 5.57. The highest BCUT2D eigenvalue weighted by Crippen LogP contribution is 2.22. The third kappa shape index (κ3) is 1.41. The number of nitrogen functional groups attached to an aromatic ring is 1. The predicted octanol–water partition coefficient (Wildman–Crippen LogP) is 1.51. The molecule has 0 atom stereocenters. The summed E-state index contributed by atoms with van der Waals surface area (Å²) in [5.74, 6) is 0.241. The van der Waals surface area contributed by atoms with E-state index in [0.717, 1.165) is 11.3 Å². The monoisotopic (exact) mass is 240 g/mol. The van der Waals surface area contributed by atoms with Crippen molar-refractivity contribution in [2.24, 2.45) is 7.05 Å². The Morgan fingerprint density at radius 2 is 2.00 bits per heavy atom. The molecule has 90 valence electrons. The number of anilines is 1. The molecule has 3 rings (SSSR count). The van der Waals surface area contributed by atoms with Crippen molar-refractivity contribution >= 4 is 16.7 Å². The number of hydrogen-bond donors (Lipinski definition) is 2. The van der Waals surface area contributed by atoms with Gasteiger partial charge in [0.05, 0.1) is 11.2 Å². The number of hydrogen-bond acceptors (Lipinski definition) is 3. The van der Waals surface area contributed by atoms with Crippen LogP contribution >= 0.6 is 0 Å². The molecule has 3 aromatic rings. The summed E-state index contributed by atoms with van der Waals surface area (Å²) in [7, 11) is 1.73. The molecule has 0 saturated carbocycles. The average molecular weight is 240 g/mol. The van der Waals surface area contributed by atoms with E-state index in [0.29, 0.717) is 10.9 Å². The molecule has 1 aromatic carbocycles. The number of H-pyrrole nitrogens is 1. The Balaban J connectivity index is 2.39. The van der Waals surface area contributed by atoms with Crippen molar-refractivity contribution in [3.05, 3.63) is 46.8 Å². The zero-order chi connectivity index (χ0) is 12.7. The average Bonchev–Trinajstić information content (AvgIpc) is 2.76. The van der Waals surface area contributed by atoms with Crippen molar-refractivity contribution in [3.63, 3.8) is 0 Å². The summed E-state index contributed by atoms with van der Waals surface area (Å²) in [6.07, 6.45) is 0. The van der Waals surface area contributed by atoms with E-state index < -0.39 is 0 Å². The molecule has 0 aliphatic rings. The van der Waals surface area contributed by atoms with Crippen LogP contribution < -0.4 is 11.3 Å². The van der Waals surface area contributed by atoms with E-state index in [2.05, 4.69) is 10.2 Å².